The highest BCUT2D eigenvalue weighted by Crippen LogP contribution is 2.30. The molecule has 3 nitrogen and oxygen atoms in total. The Morgan fingerprint density at radius 2 is 1.93 bits per heavy atom. The van der Waals surface area contributed by atoms with Gasteiger partial charge < -0.3 is 9.30 Å². The Morgan fingerprint density at radius 3 is 2.71 bits per heavy atom. The molecule has 0 saturated heterocycles. The van der Waals surface area contributed by atoms with Gasteiger partial charge in [0.2, 0.25) is 0 Å². The molecule has 1 aliphatic carbocycles. The summed E-state index contributed by atoms with van der Waals surface area (Å²) < 4.78 is 8.06. The average molecular weight is 396 g/mol. The number of hydrogen-bond acceptors (Lipinski definition) is 2. The van der Waals surface area contributed by atoms with Crippen molar-refractivity contribution >= 4 is 28.3 Å². The van der Waals surface area contributed by atoms with Gasteiger partial charge >= 0.3 is 0 Å². The Hall–Kier alpha value is -2.26. The first-order chi connectivity index (χ1) is 13.6. The van der Waals surface area contributed by atoms with Crippen molar-refractivity contribution in [2.75, 3.05) is 6.61 Å². The maximum atomic E-state index is 13.1. The van der Waals surface area contributed by atoms with Gasteiger partial charge in [-0.2, -0.15) is 0 Å². The zero-order valence-electron chi connectivity index (χ0n) is 16.3. The van der Waals surface area contributed by atoms with Crippen molar-refractivity contribution in [3.05, 3.63) is 64.8 Å². The summed E-state index contributed by atoms with van der Waals surface area (Å²) in [4.78, 5) is 13.1. The molecular formula is C24H26ClNO2. The van der Waals surface area contributed by atoms with Gasteiger partial charge in [-0.25, -0.2) is 0 Å². The minimum Gasteiger partial charge on any atom is -0.492 e. The van der Waals surface area contributed by atoms with Gasteiger partial charge in [0.05, 0.1) is 6.54 Å². The molecule has 2 aromatic carbocycles. The number of hydrogen-bond donors (Lipinski definition) is 0. The summed E-state index contributed by atoms with van der Waals surface area (Å²) in [6.45, 7) is 3.20. The fourth-order valence-corrected chi connectivity index (χ4v) is 4.30. The van der Waals surface area contributed by atoms with Gasteiger partial charge in [-0.1, -0.05) is 49.1 Å². The molecule has 1 fully saturated rings. The predicted octanol–water partition coefficient (Wildman–Crippen LogP) is 6.45. The molecule has 28 heavy (non-hydrogen) atoms. The quantitative estimate of drug-likeness (QED) is 0.449. The van der Waals surface area contributed by atoms with Crippen molar-refractivity contribution in [2.24, 2.45) is 5.92 Å². The Kier molecular flexibility index (Phi) is 5.72. The first-order valence-corrected chi connectivity index (χ1v) is 10.5. The molecule has 4 heteroatoms. The molecule has 0 spiro atoms. The molecule has 0 atom stereocenters. The third-order valence-corrected chi connectivity index (χ3v) is 6.18. The number of fused-ring (bicyclic) bond motifs is 1. The summed E-state index contributed by atoms with van der Waals surface area (Å²) >= 11 is 6.08. The van der Waals surface area contributed by atoms with Gasteiger partial charge in [0.1, 0.15) is 12.4 Å². The van der Waals surface area contributed by atoms with E-state index in [0.29, 0.717) is 18.9 Å². The van der Waals surface area contributed by atoms with Gasteiger partial charge in [0.15, 0.2) is 5.78 Å². The van der Waals surface area contributed by atoms with E-state index in [0.717, 1.165) is 45.6 Å². The van der Waals surface area contributed by atoms with Crippen LogP contribution in [0.3, 0.4) is 0 Å². The van der Waals surface area contributed by atoms with Gasteiger partial charge in [0.25, 0.3) is 0 Å². The summed E-state index contributed by atoms with van der Waals surface area (Å²) in [5.41, 5.74) is 2.97. The van der Waals surface area contributed by atoms with Crippen LogP contribution in [0.25, 0.3) is 10.9 Å². The molecule has 0 bridgehead atoms. The number of Topliss-reactive ketones (excluding diaryl/α,β-unsaturated/α-hetero) is 1. The smallest absolute Gasteiger partial charge is 0.168 e. The molecule has 146 valence electrons. The van der Waals surface area contributed by atoms with Crippen molar-refractivity contribution in [3.8, 4) is 5.75 Å². The zero-order chi connectivity index (χ0) is 19.5. The van der Waals surface area contributed by atoms with E-state index in [1.807, 2.05) is 43.5 Å². The largest absolute Gasteiger partial charge is 0.492 e. The molecule has 1 saturated carbocycles. The Balaban J connectivity index is 1.52. The lowest BCUT2D eigenvalue weighted by Gasteiger charge is -2.19. The van der Waals surface area contributed by atoms with Crippen LogP contribution in [0.5, 0.6) is 5.75 Å². The highest BCUT2D eigenvalue weighted by atomic mass is 35.5. The maximum absolute atomic E-state index is 13.1. The molecule has 4 rings (SSSR count). The van der Waals surface area contributed by atoms with Crippen LogP contribution < -0.4 is 4.74 Å². The molecule has 1 aromatic heterocycles. The highest BCUT2D eigenvalue weighted by molar-refractivity contribution is 6.31. The van der Waals surface area contributed by atoms with Crippen molar-refractivity contribution in [1.29, 1.82) is 0 Å². The van der Waals surface area contributed by atoms with E-state index in [1.165, 1.54) is 19.3 Å². The van der Waals surface area contributed by atoms with Crippen LogP contribution in [0.2, 0.25) is 5.02 Å². The van der Waals surface area contributed by atoms with Gasteiger partial charge in [-0.15, -0.1) is 0 Å². The number of para-hydroxylation sites is 1. The van der Waals surface area contributed by atoms with E-state index >= 15 is 0 Å². The lowest BCUT2D eigenvalue weighted by molar-refractivity contribution is 0.0891. The maximum Gasteiger partial charge on any atom is 0.168 e. The van der Waals surface area contributed by atoms with Gasteiger partial charge in [-0.05, 0) is 49.6 Å². The summed E-state index contributed by atoms with van der Waals surface area (Å²) in [6, 6.07) is 13.9. The summed E-state index contributed by atoms with van der Waals surface area (Å²) in [6.07, 6.45) is 7.67. The molecule has 0 radical (unpaired) electrons. The summed E-state index contributed by atoms with van der Waals surface area (Å²) in [7, 11) is 0. The molecule has 1 heterocycles. The number of carbonyl (C=O) groups is 1. The minimum absolute atomic E-state index is 0.182. The second kappa shape index (κ2) is 8.40. The van der Waals surface area contributed by atoms with Crippen LogP contribution >= 0.6 is 11.6 Å². The van der Waals surface area contributed by atoms with E-state index in [-0.39, 0.29) is 5.92 Å². The predicted molar refractivity (Wildman–Crippen MR) is 115 cm³/mol. The fraction of sp³-hybridized carbons (Fsp3) is 0.375. The third kappa shape index (κ3) is 3.95. The van der Waals surface area contributed by atoms with Crippen molar-refractivity contribution < 1.29 is 9.53 Å². The van der Waals surface area contributed by atoms with E-state index in [1.54, 1.807) is 0 Å². The van der Waals surface area contributed by atoms with E-state index in [9.17, 15) is 4.79 Å². The topological polar surface area (TPSA) is 31.2 Å². The number of nitrogens with zero attached hydrogens (tertiary/aromatic N) is 1. The van der Waals surface area contributed by atoms with E-state index < -0.39 is 0 Å². The molecule has 3 aromatic rings. The number of benzene rings is 2. The van der Waals surface area contributed by atoms with Crippen molar-refractivity contribution in [2.45, 2.75) is 45.6 Å². The van der Waals surface area contributed by atoms with Crippen LogP contribution in [0.1, 0.15) is 48.0 Å². The van der Waals surface area contributed by atoms with Gasteiger partial charge in [-0.3, -0.25) is 4.79 Å². The number of aryl methyl sites for hydroxylation is 1. The Morgan fingerprint density at radius 1 is 1.14 bits per heavy atom. The Bertz CT molecular complexity index is 985. The monoisotopic (exact) mass is 395 g/mol. The number of ether oxygens (including phenoxy) is 1. The summed E-state index contributed by atoms with van der Waals surface area (Å²) in [5, 5.41) is 1.80. The normalized spacial score (nSPS) is 15.1. The van der Waals surface area contributed by atoms with Crippen molar-refractivity contribution in [3.63, 3.8) is 0 Å². The Labute approximate surface area is 171 Å². The second-order valence-electron chi connectivity index (χ2n) is 7.71. The molecule has 0 aliphatic heterocycles. The summed E-state index contributed by atoms with van der Waals surface area (Å²) in [5.74, 6) is 1.31. The van der Waals surface area contributed by atoms with Crippen LogP contribution in [-0.2, 0) is 6.54 Å². The lowest BCUT2D eigenvalue weighted by Crippen LogP contribution is -2.17. The van der Waals surface area contributed by atoms with E-state index in [2.05, 4.69) is 16.7 Å². The minimum atomic E-state index is 0.182. The third-order valence-electron chi connectivity index (χ3n) is 5.76. The first-order valence-electron chi connectivity index (χ1n) is 10.1. The number of rotatable bonds is 6. The average Bonchev–Trinajstić information content (AvgIpc) is 3.09. The molecule has 0 amide bonds. The van der Waals surface area contributed by atoms with Gasteiger partial charge in [0, 0.05) is 33.6 Å². The number of aromatic nitrogens is 1. The van der Waals surface area contributed by atoms with E-state index in [4.69, 9.17) is 16.3 Å². The molecule has 0 N–H and O–H groups in total. The zero-order valence-corrected chi connectivity index (χ0v) is 17.0. The van der Waals surface area contributed by atoms with Crippen molar-refractivity contribution in [1.82, 2.24) is 4.57 Å². The fourth-order valence-electron chi connectivity index (χ4n) is 4.18. The lowest BCUT2D eigenvalue weighted by atomic mass is 9.84. The number of ketones is 1. The molecule has 0 unspecified atom stereocenters. The van der Waals surface area contributed by atoms with Crippen LogP contribution in [-0.4, -0.2) is 17.0 Å². The number of halogens is 1. The van der Waals surface area contributed by atoms with Crippen LogP contribution in [0, 0.1) is 12.8 Å². The molecule has 1 aliphatic rings. The number of carbonyl (C=O) groups excluding carboxylic acids is 1. The van der Waals surface area contributed by atoms with Crippen LogP contribution in [0.15, 0.2) is 48.7 Å². The van der Waals surface area contributed by atoms with Crippen LogP contribution in [0.4, 0.5) is 0 Å². The first kappa shape index (κ1) is 19.1. The highest BCUT2D eigenvalue weighted by Gasteiger charge is 2.25. The second-order valence-corrected chi connectivity index (χ2v) is 8.12. The SMILES string of the molecule is Cc1cc(OCCn2cc(C(=O)C3CCCCC3)c3ccccc32)ccc1Cl. The standard InChI is InChI=1S/C24H26ClNO2/c1-17-15-19(11-12-22(17)25)28-14-13-26-16-21(20-9-5-6-10-23(20)26)24(27)18-7-3-2-4-8-18/h5-6,9-12,15-16,18H,2-4,7-8,13-14H2,1H3. The molecular weight excluding hydrogens is 370 g/mol.